The van der Waals surface area contributed by atoms with Crippen molar-refractivity contribution < 1.29 is 13.2 Å². The van der Waals surface area contributed by atoms with Crippen LogP contribution < -0.4 is 0 Å². The zero-order valence-corrected chi connectivity index (χ0v) is 15.2. The molecule has 0 N–H and O–H groups in total. The Hall–Kier alpha value is -0.920. The second kappa shape index (κ2) is 6.91. The minimum Gasteiger partial charge on any atom is -0.343 e. The van der Waals surface area contributed by atoms with E-state index in [0.29, 0.717) is 23.7 Å². The van der Waals surface area contributed by atoms with Crippen LogP contribution in [-0.4, -0.2) is 49.2 Å². The van der Waals surface area contributed by atoms with E-state index in [-0.39, 0.29) is 11.9 Å². The van der Waals surface area contributed by atoms with Gasteiger partial charge in [-0.3, -0.25) is 4.79 Å². The summed E-state index contributed by atoms with van der Waals surface area (Å²) in [7, 11) is -3.41. The number of carbonyl (C=O) groups is 1. The predicted octanol–water partition coefficient (Wildman–Crippen LogP) is 2.61. The zero-order valence-electron chi connectivity index (χ0n) is 13.5. The molecule has 2 aliphatic rings. The van der Waals surface area contributed by atoms with Crippen LogP contribution in [0.25, 0.3) is 0 Å². The minimum absolute atomic E-state index is 0.0173. The van der Waals surface area contributed by atoms with Crippen molar-refractivity contribution >= 4 is 27.3 Å². The van der Waals surface area contributed by atoms with E-state index >= 15 is 0 Å². The fourth-order valence-corrected chi connectivity index (χ4v) is 6.80. The van der Waals surface area contributed by atoms with Gasteiger partial charge < -0.3 is 4.90 Å². The Morgan fingerprint density at radius 3 is 2.74 bits per heavy atom. The summed E-state index contributed by atoms with van der Waals surface area (Å²) in [4.78, 5) is 13.6. The maximum Gasteiger partial charge on any atom is 0.253 e. The molecule has 2 fully saturated rings. The van der Waals surface area contributed by atoms with E-state index in [2.05, 4.69) is 0 Å². The van der Waals surface area contributed by atoms with Gasteiger partial charge in [-0.1, -0.05) is 6.42 Å². The number of aryl methyl sites for hydroxylation is 1. The summed E-state index contributed by atoms with van der Waals surface area (Å²) in [5, 5.41) is 1.84. The molecule has 1 aromatic heterocycles. The first-order valence-corrected chi connectivity index (χ1v) is 10.7. The van der Waals surface area contributed by atoms with Crippen molar-refractivity contribution in [3.8, 4) is 0 Å². The van der Waals surface area contributed by atoms with Crippen molar-refractivity contribution in [1.29, 1.82) is 0 Å². The number of amides is 1. The number of piperidine rings is 1. The van der Waals surface area contributed by atoms with E-state index < -0.39 is 10.0 Å². The summed E-state index contributed by atoms with van der Waals surface area (Å²) in [6, 6.07) is 1.88. The monoisotopic (exact) mass is 356 g/mol. The normalized spacial score (nSPS) is 23.6. The van der Waals surface area contributed by atoms with Gasteiger partial charge in [0.15, 0.2) is 0 Å². The van der Waals surface area contributed by atoms with Gasteiger partial charge in [-0.15, -0.1) is 11.3 Å². The topological polar surface area (TPSA) is 57.7 Å². The van der Waals surface area contributed by atoms with E-state index in [4.69, 9.17) is 0 Å². The lowest BCUT2D eigenvalue weighted by molar-refractivity contribution is -0.127. The largest absolute Gasteiger partial charge is 0.343 e. The fourth-order valence-electron chi connectivity index (χ4n) is 3.55. The summed E-state index contributed by atoms with van der Waals surface area (Å²) >= 11 is 1.30. The highest BCUT2D eigenvalue weighted by Gasteiger charge is 2.35. The summed E-state index contributed by atoms with van der Waals surface area (Å²) in [6.07, 6.45) is 5.19. The maximum absolute atomic E-state index is 13.0. The molecule has 128 valence electrons. The number of rotatable bonds is 5. The molecule has 0 aliphatic carbocycles. The molecular weight excluding hydrogens is 332 g/mol. The van der Waals surface area contributed by atoms with Gasteiger partial charge in [0.2, 0.25) is 5.91 Å². The standard InChI is InChI=1S/C16H24N2O3S2/c1-13-8-12-22-16(13)23(20,21)18-10-3-2-5-14(18)7-11-17-9-4-6-15(17)19/h8,12,14H,2-7,9-11H2,1H3/t14-/m1/s1. The van der Waals surface area contributed by atoms with Gasteiger partial charge in [0, 0.05) is 32.1 Å². The second-order valence-corrected chi connectivity index (χ2v) is 9.43. The van der Waals surface area contributed by atoms with Gasteiger partial charge in [-0.2, -0.15) is 4.31 Å². The van der Waals surface area contributed by atoms with E-state index in [1.54, 1.807) is 4.31 Å². The lowest BCUT2D eigenvalue weighted by atomic mass is 10.0. The molecule has 1 atom stereocenters. The Bertz CT molecular complexity index is 669. The van der Waals surface area contributed by atoms with Crippen LogP contribution in [-0.2, 0) is 14.8 Å². The number of carbonyl (C=O) groups excluding carboxylic acids is 1. The van der Waals surface area contributed by atoms with Crippen LogP contribution in [0.15, 0.2) is 15.7 Å². The predicted molar refractivity (Wildman–Crippen MR) is 91.0 cm³/mol. The van der Waals surface area contributed by atoms with Crippen LogP contribution in [0.2, 0.25) is 0 Å². The number of thiophene rings is 1. The molecule has 7 heteroatoms. The number of likely N-dealkylation sites (tertiary alicyclic amines) is 1. The molecule has 1 amide bonds. The molecule has 0 spiro atoms. The Kier molecular flexibility index (Phi) is 5.08. The smallest absolute Gasteiger partial charge is 0.253 e. The third-order valence-electron chi connectivity index (χ3n) is 4.83. The summed E-state index contributed by atoms with van der Waals surface area (Å²) in [5.41, 5.74) is 0.828. The first kappa shape index (κ1) is 16.9. The molecule has 1 aromatic rings. The van der Waals surface area contributed by atoms with Crippen molar-refractivity contribution in [2.75, 3.05) is 19.6 Å². The Balaban J connectivity index is 1.73. The van der Waals surface area contributed by atoms with Crippen LogP contribution >= 0.6 is 11.3 Å². The summed E-state index contributed by atoms with van der Waals surface area (Å²) in [6.45, 7) is 3.95. The molecule has 0 saturated carbocycles. The lowest BCUT2D eigenvalue weighted by Crippen LogP contribution is -2.45. The highest BCUT2D eigenvalue weighted by atomic mass is 32.2. The van der Waals surface area contributed by atoms with E-state index in [1.165, 1.54) is 11.3 Å². The van der Waals surface area contributed by atoms with Crippen molar-refractivity contribution in [3.63, 3.8) is 0 Å². The fraction of sp³-hybridized carbons (Fsp3) is 0.688. The molecule has 0 bridgehead atoms. The van der Waals surface area contributed by atoms with Crippen LogP contribution in [0, 0.1) is 6.92 Å². The summed E-state index contributed by atoms with van der Waals surface area (Å²) < 4.78 is 28.2. The molecule has 23 heavy (non-hydrogen) atoms. The van der Waals surface area contributed by atoms with Crippen LogP contribution in [0.3, 0.4) is 0 Å². The number of nitrogens with zero attached hydrogens (tertiary/aromatic N) is 2. The van der Waals surface area contributed by atoms with Gasteiger partial charge in [0.05, 0.1) is 0 Å². The molecule has 2 saturated heterocycles. The van der Waals surface area contributed by atoms with Gasteiger partial charge >= 0.3 is 0 Å². The van der Waals surface area contributed by atoms with Crippen LogP contribution in [0.1, 0.15) is 44.1 Å². The molecule has 0 unspecified atom stereocenters. The van der Waals surface area contributed by atoms with E-state index in [9.17, 15) is 13.2 Å². The van der Waals surface area contributed by atoms with Crippen molar-refractivity contribution in [1.82, 2.24) is 9.21 Å². The molecule has 3 heterocycles. The van der Waals surface area contributed by atoms with Gasteiger partial charge in [-0.25, -0.2) is 8.42 Å². The first-order valence-electron chi connectivity index (χ1n) is 8.34. The zero-order chi connectivity index (χ0) is 16.4. The quantitative estimate of drug-likeness (QED) is 0.815. The average Bonchev–Trinajstić information content (AvgIpc) is 3.14. The van der Waals surface area contributed by atoms with Crippen LogP contribution in [0.4, 0.5) is 0 Å². The number of hydrogen-bond acceptors (Lipinski definition) is 4. The minimum atomic E-state index is -3.41. The molecule has 0 aromatic carbocycles. The number of hydrogen-bond donors (Lipinski definition) is 0. The highest BCUT2D eigenvalue weighted by molar-refractivity contribution is 7.91. The molecule has 0 radical (unpaired) electrons. The molecule has 5 nitrogen and oxygen atoms in total. The molecule has 2 aliphatic heterocycles. The lowest BCUT2D eigenvalue weighted by Gasteiger charge is -2.35. The maximum atomic E-state index is 13.0. The number of sulfonamides is 1. The van der Waals surface area contributed by atoms with E-state index in [0.717, 1.165) is 44.2 Å². The second-order valence-electron chi connectivity index (χ2n) is 6.43. The Morgan fingerprint density at radius 1 is 1.26 bits per heavy atom. The average molecular weight is 357 g/mol. The Morgan fingerprint density at radius 2 is 2.09 bits per heavy atom. The Labute approximate surface area is 142 Å². The third-order valence-corrected chi connectivity index (χ3v) is 8.45. The molecule has 3 rings (SSSR count). The van der Waals surface area contributed by atoms with Gasteiger partial charge in [0.25, 0.3) is 10.0 Å². The van der Waals surface area contributed by atoms with Gasteiger partial charge in [-0.05, 0) is 49.6 Å². The van der Waals surface area contributed by atoms with Crippen molar-refractivity contribution in [2.45, 2.75) is 55.7 Å². The van der Waals surface area contributed by atoms with Gasteiger partial charge in [0.1, 0.15) is 4.21 Å². The molecular formula is C16H24N2O3S2. The van der Waals surface area contributed by atoms with E-state index in [1.807, 2.05) is 23.3 Å². The summed E-state index contributed by atoms with van der Waals surface area (Å²) in [5.74, 6) is 0.212. The SMILES string of the molecule is Cc1ccsc1S(=O)(=O)N1CCCC[C@@H]1CCN1CCCC1=O. The van der Waals surface area contributed by atoms with Crippen molar-refractivity contribution in [2.24, 2.45) is 0 Å². The highest BCUT2D eigenvalue weighted by Crippen LogP contribution is 2.31. The van der Waals surface area contributed by atoms with Crippen LogP contribution in [0.5, 0.6) is 0 Å². The van der Waals surface area contributed by atoms with Crippen molar-refractivity contribution in [3.05, 3.63) is 17.0 Å². The third kappa shape index (κ3) is 3.46. The first-order chi connectivity index (χ1) is 11.0.